The number of rotatable bonds is 4. The number of carbonyl (C=O) groups is 1. The van der Waals surface area contributed by atoms with Crippen LogP contribution in [0.4, 0.5) is 0 Å². The Bertz CT molecular complexity index is 570. The molecule has 18 heavy (non-hydrogen) atoms. The van der Waals surface area contributed by atoms with E-state index >= 15 is 0 Å². The van der Waals surface area contributed by atoms with E-state index < -0.39 is 5.97 Å². The van der Waals surface area contributed by atoms with E-state index in [1.165, 1.54) is 12.4 Å². The first kappa shape index (κ1) is 12.0. The number of nitrogens with zero attached hydrogens (tertiary/aromatic N) is 2. The molecule has 0 atom stereocenters. The van der Waals surface area contributed by atoms with Gasteiger partial charge in [0.05, 0.1) is 0 Å². The Kier molecular flexibility index (Phi) is 3.52. The van der Waals surface area contributed by atoms with Crippen LogP contribution in [0.3, 0.4) is 0 Å². The average Bonchev–Trinajstić information content (AvgIpc) is 2.39. The number of benzene rings is 1. The molecule has 0 unspecified atom stereocenters. The molecule has 1 N–H and O–H groups in total. The zero-order valence-electron chi connectivity index (χ0n) is 9.83. The summed E-state index contributed by atoms with van der Waals surface area (Å²) in [5, 5.41) is 8.96. The van der Waals surface area contributed by atoms with Crippen molar-refractivity contribution in [2.24, 2.45) is 0 Å². The van der Waals surface area contributed by atoms with Crippen LogP contribution in [0, 0.1) is 0 Å². The molecule has 5 nitrogen and oxygen atoms in total. The number of aryl methyl sites for hydroxylation is 1. The molecule has 1 aromatic carbocycles. The monoisotopic (exact) mass is 244 g/mol. The molecule has 1 aromatic heterocycles. The Morgan fingerprint density at radius 1 is 1.33 bits per heavy atom. The largest absolute Gasteiger partial charge is 0.476 e. The summed E-state index contributed by atoms with van der Waals surface area (Å²) in [6.45, 7) is 2.03. The molecule has 2 rings (SSSR count). The van der Waals surface area contributed by atoms with Crippen molar-refractivity contribution in [1.29, 1.82) is 0 Å². The number of aromatic carboxylic acids is 1. The van der Waals surface area contributed by atoms with Crippen LogP contribution in [-0.2, 0) is 6.42 Å². The van der Waals surface area contributed by atoms with Gasteiger partial charge in [0, 0.05) is 12.4 Å². The third-order valence-corrected chi connectivity index (χ3v) is 2.39. The van der Waals surface area contributed by atoms with E-state index in [0.717, 1.165) is 12.0 Å². The summed E-state index contributed by atoms with van der Waals surface area (Å²) < 4.78 is 5.46. The quantitative estimate of drug-likeness (QED) is 0.894. The third kappa shape index (κ3) is 2.63. The summed E-state index contributed by atoms with van der Waals surface area (Å²) in [4.78, 5) is 18.6. The van der Waals surface area contributed by atoms with E-state index in [-0.39, 0.29) is 11.6 Å². The fourth-order valence-corrected chi connectivity index (χ4v) is 1.49. The van der Waals surface area contributed by atoms with Crippen LogP contribution < -0.4 is 4.74 Å². The zero-order chi connectivity index (χ0) is 13.0. The molecule has 0 saturated carbocycles. The van der Waals surface area contributed by atoms with E-state index in [1.54, 1.807) is 6.07 Å². The first-order valence-corrected chi connectivity index (χ1v) is 5.51. The Morgan fingerprint density at radius 3 is 2.83 bits per heavy atom. The van der Waals surface area contributed by atoms with Gasteiger partial charge in [-0.25, -0.2) is 14.8 Å². The summed E-state index contributed by atoms with van der Waals surface area (Å²) in [7, 11) is 0. The van der Waals surface area contributed by atoms with Crippen molar-refractivity contribution in [2.45, 2.75) is 13.3 Å². The molecule has 0 amide bonds. The summed E-state index contributed by atoms with van der Waals surface area (Å²) in [6.07, 6.45) is 3.59. The molecule has 2 aromatic rings. The van der Waals surface area contributed by atoms with Gasteiger partial charge in [-0.3, -0.25) is 0 Å². The van der Waals surface area contributed by atoms with Gasteiger partial charge in [0.1, 0.15) is 5.75 Å². The lowest BCUT2D eigenvalue weighted by atomic mass is 10.2. The number of ether oxygens (including phenoxy) is 1. The Labute approximate surface area is 104 Å². The lowest BCUT2D eigenvalue weighted by Gasteiger charge is -2.07. The van der Waals surface area contributed by atoms with Crippen LogP contribution in [0.25, 0.3) is 0 Å². The minimum Gasteiger partial charge on any atom is -0.476 e. The van der Waals surface area contributed by atoms with Crippen molar-refractivity contribution < 1.29 is 14.6 Å². The summed E-state index contributed by atoms with van der Waals surface area (Å²) in [6, 6.07) is 7.42. The second-order valence-corrected chi connectivity index (χ2v) is 3.62. The number of hydrogen-bond donors (Lipinski definition) is 1. The van der Waals surface area contributed by atoms with Gasteiger partial charge in [0.15, 0.2) is 0 Å². The van der Waals surface area contributed by atoms with Gasteiger partial charge >= 0.3 is 5.97 Å². The summed E-state index contributed by atoms with van der Waals surface area (Å²) >= 11 is 0. The molecule has 0 fully saturated rings. The number of hydrogen-bond acceptors (Lipinski definition) is 4. The van der Waals surface area contributed by atoms with Gasteiger partial charge in [-0.2, -0.15) is 0 Å². The fourth-order valence-electron chi connectivity index (χ4n) is 1.49. The molecular weight excluding hydrogens is 232 g/mol. The van der Waals surface area contributed by atoms with Crippen molar-refractivity contribution in [1.82, 2.24) is 9.97 Å². The van der Waals surface area contributed by atoms with Gasteiger partial charge < -0.3 is 9.84 Å². The van der Waals surface area contributed by atoms with Gasteiger partial charge in [0.2, 0.25) is 5.69 Å². The molecule has 0 aliphatic rings. The van der Waals surface area contributed by atoms with Gasteiger partial charge in [-0.05, 0) is 24.1 Å². The molecule has 0 saturated heterocycles. The van der Waals surface area contributed by atoms with Crippen LogP contribution in [0.15, 0.2) is 36.7 Å². The fraction of sp³-hybridized carbons (Fsp3) is 0.154. The van der Waals surface area contributed by atoms with Gasteiger partial charge in [0.25, 0.3) is 5.88 Å². The summed E-state index contributed by atoms with van der Waals surface area (Å²) in [5.74, 6) is -0.611. The number of carboxylic acid groups (broad SMARTS) is 1. The molecule has 92 valence electrons. The normalized spacial score (nSPS) is 10.1. The molecule has 0 bridgehead atoms. The standard InChI is InChI=1S/C13H12N2O3/c1-2-9-4-3-5-10(8-9)18-12-11(13(16)17)14-6-7-15-12/h3-8H,2H2,1H3,(H,16,17). The molecular formula is C13H12N2O3. The minimum absolute atomic E-state index is 0.00162. The minimum atomic E-state index is -1.16. The summed E-state index contributed by atoms with van der Waals surface area (Å²) in [5.41, 5.74) is 0.910. The zero-order valence-corrected chi connectivity index (χ0v) is 9.83. The third-order valence-electron chi connectivity index (χ3n) is 2.39. The average molecular weight is 244 g/mol. The maximum Gasteiger partial charge on any atom is 0.360 e. The van der Waals surface area contributed by atoms with Crippen LogP contribution in [-0.4, -0.2) is 21.0 Å². The second-order valence-electron chi connectivity index (χ2n) is 3.62. The Hall–Kier alpha value is -2.43. The van der Waals surface area contributed by atoms with Crippen LogP contribution in [0.5, 0.6) is 11.6 Å². The topological polar surface area (TPSA) is 72.3 Å². The smallest absolute Gasteiger partial charge is 0.360 e. The van der Waals surface area contributed by atoms with Crippen LogP contribution >= 0.6 is 0 Å². The highest BCUT2D eigenvalue weighted by Gasteiger charge is 2.14. The van der Waals surface area contributed by atoms with Gasteiger partial charge in [-0.15, -0.1) is 0 Å². The predicted molar refractivity (Wildman–Crippen MR) is 64.9 cm³/mol. The van der Waals surface area contributed by atoms with E-state index in [2.05, 4.69) is 9.97 Å². The molecule has 5 heteroatoms. The van der Waals surface area contributed by atoms with Crippen molar-refractivity contribution in [3.63, 3.8) is 0 Å². The first-order valence-electron chi connectivity index (χ1n) is 5.51. The molecule has 1 heterocycles. The first-order chi connectivity index (χ1) is 8.70. The van der Waals surface area contributed by atoms with E-state index in [9.17, 15) is 4.79 Å². The lowest BCUT2D eigenvalue weighted by molar-refractivity contribution is 0.0686. The van der Waals surface area contributed by atoms with Gasteiger partial charge in [-0.1, -0.05) is 19.1 Å². The highest BCUT2D eigenvalue weighted by atomic mass is 16.5. The second kappa shape index (κ2) is 5.27. The Balaban J connectivity index is 2.31. The van der Waals surface area contributed by atoms with E-state index in [0.29, 0.717) is 5.75 Å². The molecule has 0 aliphatic carbocycles. The predicted octanol–water partition coefficient (Wildman–Crippen LogP) is 2.53. The van der Waals surface area contributed by atoms with E-state index in [1.807, 2.05) is 25.1 Å². The maximum atomic E-state index is 11.0. The molecule has 0 radical (unpaired) electrons. The lowest BCUT2D eigenvalue weighted by Crippen LogP contribution is -2.04. The van der Waals surface area contributed by atoms with Crippen LogP contribution in [0.1, 0.15) is 23.0 Å². The molecule has 0 aliphatic heterocycles. The number of aromatic nitrogens is 2. The highest BCUT2D eigenvalue weighted by Crippen LogP contribution is 2.22. The van der Waals surface area contributed by atoms with Crippen LogP contribution in [0.2, 0.25) is 0 Å². The SMILES string of the molecule is CCc1cccc(Oc2nccnc2C(=O)O)c1. The molecule has 0 spiro atoms. The highest BCUT2D eigenvalue weighted by molar-refractivity contribution is 5.87. The van der Waals surface area contributed by atoms with Crippen molar-refractivity contribution in [3.05, 3.63) is 47.9 Å². The van der Waals surface area contributed by atoms with Crippen molar-refractivity contribution in [3.8, 4) is 11.6 Å². The maximum absolute atomic E-state index is 11.0. The number of carboxylic acids is 1. The van der Waals surface area contributed by atoms with Crippen molar-refractivity contribution >= 4 is 5.97 Å². The van der Waals surface area contributed by atoms with Crippen molar-refractivity contribution in [2.75, 3.05) is 0 Å². The Morgan fingerprint density at radius 2 is 2.11 bits per heavy atom. The van der Waals surface area contributed by atoms with E-state index in [4.69, 9.17) is 9.84 Å².